The van der Waals surface area contributed by atoms with Gasteiger partial charge in [-0.2, -0.15) is 0 Å². The molecule has 0 radical (unpaired) electrons. The van der Waals surface area contributed by atoms with Crippen molar-refractivity contribution in [3.63, 3.8) is 0 Å². The van der Waals surface area contributed by atoms with E-state index in [9.17, 15) is 9.59 Å². The lowest BCUT2D eigenvalue weighted by molar-refractivity contribution is -0.150. The highest BCUT2D eigenvalue weighted by atomic mass is 16.6. The van der Waals surface area contributed by atoms with Crippen LogP contribution in [-0.2, 0) is 25.4 Å². The van der Waals surface area contributed by atoms with E-state index in [4.69, 9.17) is 9.47 Å². The zero-order chi connectivity index (χ0) is 14.8. The van der Waals surface area contributed by atoms with Gasteiger partial charge in [0.05, 0.1) is 13.7 Å². The van der Waals surface area contributed by atoms with Crippen molar-refractivity contribution in [1.82, 2.24) is 5.32 Å². The van der Waals surface area contributed by atoms with Gasteiger partial charge in [0.2, 0.25) is 6.10 Å². The Balaban J connectivity index is 2.56. The molecule has 6 heteroatoms. The Labute approximate surface area is 118 Å². The maximum atomic E-state index is 11.6. The number of ether oxygens (including phenoxy) is 3. The van der Waals surface area contributed by atoms with Crippen molar-refractivity contribution in [2.75, 3.05) is 27.4 Å². The minimum absolute atomic E-state index is 0.269. The summed E-state index contributed by atoms with van der Waals surface area (Å²) < 4.78 is 14.5. The zero-order valence-corrected chi connectivity index (χ0v) is 11.6. The van der Waals surface area contributed by atoms with E-state index in [0.717, 1.165) is 5.56 Å². The highest BCUT2D eigenvalue weighted by Gasteiger charge is 2.24. The smallest absolute Gasteiger partial charge is 0.408 e. The lowest BCUT2D eigenvalue weighted by Crippen LogP contribution is -2.36. The van der Waals surface area contributed by atoms with Crippen LogP contribution < -0.4 is 5.32 Å². The highest BCUT2D eigenvalue weighted by molar-refractivity contribution is 5.79. The van der Waals surface area contributed by atoms with E-state index in [0.29, 0.717) is 13.2 Å². The number of rotatable bonds is 7. The molecule has 0 aromatic heterocycles. The van der Waals surface area contributed by atoms with Crippen LogP contribution in [0, 0.1) is 0 Å². The van der Waals surface area contributed by atoms with E-state index in [1.807, 2.05) is 30.3 Å². The number of carbonyl (C=O) groups is 2. The second-order valence-corrected chi connectivity index (χ2v) is 4.03. The summed E-state index contributed by atoms with van der Waals surface area (Å²) in [6, 6.07) is 9.27. The van der Waals surface area contributed by atoms with Crippen molar-refractivity contribution >= 4 is 12.1 Å². The summed E-state index contributed by atoms with van der Waals surface area (Å²) in [5.41, 5.74) is 0.882. The van der Waals surface area contributed by atoms with E-state index in [-0.39, 0.29) is 6.42 Å². The van der Waals surface area contributed by atoms with Crippen LogP contribution in [0.25, 0.3) is 0 Å². The van der Waals surface area contributed by atoms with Gasteiger partial charge in [0.15, 0.2) is 0 Å². The molecular weight excluding hydrogens is 262 g/mol. The van der Waals surface area contributed by atoms with Crippen LogP contribution in [0.4, 0.5) is 4.79 Å². The second-order valence-electron chi connectivity index (χ2n) is 4.03. The SMILES string of the molecule is COCCNC(=O)OC(Cc1ccccc1)C(=O)OC. The predicted octanol–water partition coefficient (Wildman–Crippen LogP) is 1.14. The largest absolute Gasteiger partial charge is 0.466 e. The molecule has 1 unspecified atom stereocenters. The Bertz CT molecular complexity index is 421. The van der Waals surface area contributed by atoms with Crippen LogP contribution in [0.1, 0.15) is 5.56 Å². The van der Waals surface area contributed by atoms with Gasteiger partial charge < -0.3 is 19.5 Å². The first-order chi connectivity index (χ1) is 9.67. The lowest BCUT2D eigenvalue weighted by Gasteiger charge is -2.16. The Morgan fingerprint density at radius 3 is 2.50 bits per heavy atom. The van der Waals surface area contributed by atoms with Gasteiger partial charge in [0.25, 0.3) is 0 Å². The molecule has 1 atom stereocenters. The van der Waals surface area contributed by atoms with E-state index in [1.54, 1.807) is 0 Å². The van der Waals surface area contributed by atoms with Gasteiger partial charge in [-0.15, -0.1) is 0 Å². The number of benzene rings is 1. The standard InChI is InChI=1S/C14H19NO5/c1-18-9-8-15-14(17)20-12(13(16)19-2)10-11-6-4-3-5-7-11/h3-7,12H,8-10H2,1-2H3,(H,15,17). The average Bonchev–Trinajstić information content (AvgIpc) is 2.47. The van der Waals surface area contributed by atoms with Gasteiger partial charge in [-0.1, -0.05) is 30.3 Å². The Morgan fingerprint density at radius 2 is 1.90 bits per heavy atom. The quantitative estimate of drug-likeness (QED) is 0.599. The molecule has 0 heterocycles. The monoisotopic (exact) mass is 281 g/mol. The van der Waals surface area contributed by atoms with Crippen LogP contribution in [0.5, 0.6) is 0 Å². The highest BCUT2D eigenvalue weighted by Crippen LogP contribution is 2.07. The number of amides is 1. The van der Waals surface area contributed by atoms with E-state index in [2.05, 4.69) is 10.1 Å². The van der Waals surface area contributed by atoms with Gasteiger partial charge >= 0.3 is 12.1 Å². The van der Waals surface area contributed by atoms with Gasteiger partial charge in [-0.3, -0.25) is 0 Å². The molecule has 0 bridgehead atoms. The number of nitrogens with one attached hydrogen (secondary N) is 1. The van der Waals surface area contributed by atoms with Crippen molar-refractivity contribution < 1.29 is 23.8 Å². The van der Waals surface area contributed by atoms with Crippen molar-refractivity contribution in [1.29, 1.82) is 0 Å². The third-order valence-electron chi connectivity index (χ3n) is 2.55. The summed E-state index contributed by atoms with van der Waals surface area (Å²) in [7, 11) is 2.78. The lowest BCUT2D eigenvalue weighted by atomic mass is 10.1. The van der Waals surface area contributed by atoms with Gasteiger partial charge in [-0.25, -0.2) is 9.59 Å². The van der Waals surface area contributed by atoms with Crippen LogP contribution >= 0.6 is 0 Å². The van der Waals surface area contributed by atoms with Crippen LogP contribution in [0.3, 0.4) is 0 Å². The number of methoxy groups -OCH3 is 2. The molecule has 110 valence electrons. The molecule has 1 aromatic rings. The Kier molecular flexibility index (Phi) is 7.13. The summed E-state index contributed by atoms with van der Waals surface area (Å²) >= 11 is 0. The summed E-state index contributed by atoms with van der Waals surface area (Å²) in [6.07, 6.45) is -1.37. The topological polar surface area (TPSA) is 73.9 Å². The molecule has 0 saturated carbocycles. The fourth-order valence-corrected chi connectivity index (χ4v) is 1.56. The molecule has 0 aliphatic carbocycles. The van der Waals surface area contributed by atoms with Gasteiger partial charge in [0, 0.05) is 20.1 Å². The summed E-state index contributed by atoms with van der Waals surface area (Å²) in [5.74, 6) is -0.587. The Morgan fingerprint density at radius 1 is 1.20 bits per heavy atom. The normalized spacial score (nSPS) is 11.5. The number of hydrogen-bond donors (Lipinski definition) is 1. The number of carbonyl (C=O) groups excluding carboxylic acids is 2. The maximum absolute atomic E-state index is 11.6. The molecule has 1 rings (SSSR count). The van der Waals surface area contributed by atoms with E-state index >= 15 is 0 Å². The molecule has 0 aliphatic rings. The fourth-order valence-electron chi connectivity index (χ4n) is 1.56. The molecule has 6 nitrogen and oxygen atoms in total. The fraction of sp³-hybridized carbons (Fsp3) is 0.429. The molecule has 0 spiro atoms. The van der Waals surface area contributed by atoms with Crippen molar-refractivity contribution in [3.05, 3.63) is 35.9 Å². The van der Waals surface area contributed by atoms with Crippen LogP contribution in [-0.4, -0.2) is 45.5 Å². The van der Waals surface area contributed by atoms with Gasteiger partial charge in [-0.05, 0) is 5.56 Å². The first-order valence-corrected chi connectivity index (χ1v) is 6.22. The third-order valence-corrected chi connectivity index (χ3v) is 2.55. The van der Waals surface area contributed by atoms with Crippen molar-refractivity contribution in [3.8, 4) is 0 Å². The maximum Gasteiger partial charge on any atom is 0.408 e. The molecule has 1 amide bonds. The molecule has 1 aromatic carbocycles. The molecule has 0 aliphatic heterocycles. The van der Waals surface area contributed by atoms with E-state index < -0.39 is 18.2 Å². The number of alkyl carbamates (subject to hydrolysis) is 1. The van der Waals surface area contributed by atoms with Crippen molar-refractivity contribution in [2.45, 2.75) is 12.5 Å². The summed E-state index contributed by atoms with van der Waals surface area (Å²) in [5, 5.41) is 2.48. The minimum atomic E-state index is -0.968. The molecular formula is C14H19NO5. The minimum Gasteiger partial charge on any atom is -0.466 e. The molecule has 20 heavy (non-hydrogen) atoms. The first kappa shape index (κ1) is 16.0. The first-order valence-electron chi connectivity index (χ1n) is 6.22. The summed E-state index contributed by atoms with van der Waals surface area (Å²) in [4.78, 5) is 23.2. The van der Waals surface area contributed by atoms with Crippen LogP contribution in [0.15, 0.2) is 30.3 Å². The third kappa shape index (κ3) is 5.71. The number of esters is 1. The number of hydrogen-bond acceptors (Lipinski definition) is 5. The van der Waals surface area contributed by atoms with Gasteiger partial charge in [0.1, 0.15) is 0 Å². The average molecular weight is 281 g/mol. The Hall–Kier alpha value is -2.08. The van der Waals surface area contributed by atoms with E-state index in [1.165, 1.54) is 14.2 Å². The molecule has 0 fully saturated rings. The predicted molar refractivity (Wildman–Crippen MR) is 72.3 cm³/mol. The zero-order valence-electron chi connectivity index (χ0n) is 11.6. The molecule has 0 saturated heterocycles. The van der Waals surface area contributed by atoms with Crippen LogP contribution in [0.2, 0.25) is 0 Å². The second kappa shape index (κ2) is 8.92. The van der Waals surface area contributed by atoms with Crippen molar-refractivity contribution in [2.24, 2.45) is 0 Å². The summed E-state index contributed by atoms with van der Waals surface area (Å²) in [6.45, 7) is 0.686. The molecule has 1 N–H and O–H groups in total.